The van der Waals surface area contributed by atoms with Crippen molar-refractivity contribution in [2.45, 2.75) is 0 Å². The number of tetrazole rings is 1. The van der Waals surface area contributed by atoms with Crippen LogP contribution in [0.1, 0.15) is 10.4 Å². The summed E-state index contributed by atoms with van der Waals surface area (Å²) >= 11 is 5.97. The third-order valence-electron chi connectivity index (χ3n) is 3.40. The van der Waals surface area contributed by atoms with Crippen molar-refractivity contribution >= 4 is 23.2 Å². The number of amides is 1. The van der Waals surface area contributed by atoms with Crippen molar-refractivity contribution in [3.05, 3.63) is 53.1 Å². The van der Waals surface area contributed by atoms with Crippen molar-refractivity contribution in [3.63, 3.8) is 0 Å². The molecule has 1 N–H and O–H groups in total. The van der Waals surface area contributed by atoms with Gasteiger partial charge in [0.1, 0.15) is 5.75 Å². The summed E-state index contributed by atoms with van der Waals surface area (Å²) in [6.45, 7) is 0. The van der Waals surface area contributed by atoms with E-state index in [9.17, 15) is 4.79 Å². The summed E-state index contributed by atoms with van der Waals surface area (Å²) in [7, 11) is 3.25. The van der Waals surface area contributed by atoms with Crippen LogP contribution in [0.2, 0.25) is 5.02 Å². The topological polar surface area (TPSA) is 81.9 Å². The number of hydrogen-bond acceptors (Lipinski definition) is 5. The molecule has 0 fully saturated rings. The number of carbonyl (C=O) groups is 1. The number of halogens is 1. The molecule has 0 saturated heterocycles. The van der Waals surface area contributed by atoms with E-state index in [0.717, 1.165) is 5.56 Å². The molecule has 0 unspecified atom stereocenters. The number of benzene rings is 2. The SMILES string of the molecule is COc1ccc(Cl)cc1C(=O)Nc1cccc(-c2nnnn2C)c1. The molecule has 24 heavy (non-hydrogen) atoms. The van der Waals surface area contributed by atoms with Crippen LogP contribution >= 0.6 is 11.6 Å². The second-order valence-corrected chi connectivity index (χ2v) is 5.44. The van der Waals surface area contributed by atoms with Crippen LogP contribution in [0.25, 0.3) is 11.4 Å². The molecule has 0 spiro atoms. The zero-order valence-corrected chi connectivity index (χ0v) is 13.8. The first kappa shape index (κ1) is 15.9. The molecule has 3 aromatic rings. The fourth-order valence-corrected chi connectivity index (χ4v) is 2.44. The number of aromatic nitrogens is 4. The molecule has 0 aliphatic rings. The standard InChI is InChI=1S/C16H14ClN5O2/c1-22-15(19-20-21-22)10-4-3-5-12(8-10)18-16(23)13-9-11(17)6-7-14(13)24-2/h3-9H,1-2H3,(H,18,23). The van der Waals surface area contributed by atoms with Crippen molar-refractivity contribution in [3.8, 4) is 17.1 Å². The van der Waals surface area contributed by atoms with Gasteiger partial charge < -0.3 is 10.1 Å². The lowest BCUT2D eigenvalue weighted by Gasteiger charge is -2.10. The average Bonchev–Trinajstić information content (AvgIpc) is 3.01. The van der Waals surface area contributed by atoms with Crippen molar-refractivity contribution in [1.29, 1.82) is 0 Å². The van der Waals surface area contributed by atoms with E-state index in [0.29, 0.717) is 27.8 Å². The van der Waals surface area contributed by atoms with Crippen LogP contribution in [0.3, 0.4) is 0 Å². The van der Waals surface area contributed by atoms with Crippen molar-refractivity contribution in [2.75, 3.05) is 12.4 Å². The van der Waals surface area contributed by atoms with E-state index in [1.165, 1.54) is 7.11 Å². The Morgan fingerprint density at radius 3 is 2.79 bits per heavy atom. The molecular weight excluding hydrogens is 330 g/mol. The Morgan fingerprint density at radius 1 is 1.25 bits per heavy atom. The molecule has 1 aromatic heterocycles. The minimum absolute atomic E-state index is 0.317. The third kappa shape index (κ3) is 3.21. The smallest absolute Gasteiger partial charge is 0.259 e. The molecule has 0 saturated carbocycles. The van der Waals surface area contributed by atoms with E-state index in [-0.39, 0.29) is 5.91 Å². The van der Waals surface area contributed by atoms with Crippen LogP contribution in [0.15, 0.2) is 42.5 Å². The maximum absolute atomic E-state index is 12.5. The second-order valence-electron chi connectivity index (χ2n) is 5.01. The highest BCUT2D eigenvalue weighted by molar-refractivity contribution is 6.31. The van der Waals surface area contributed by atoms with Gasteiger partial charge in [0.25, 0.3) is 5.91 Å². The van der Waals surface area contributed by atoms with Gasteiger partial charge in [0, 0.05) is 23.3 Å². The number of nitrogens with one attached hydrogen (secondary N) is 1. The number of anilines is 1. The van der Waals surface area contributed by atoms with Crippen LogP contribution in [0.4, 0.5) is 5.69 Å². The van der Waals surface area contributed by atoms with E-state index in [2.05, 4.69) is 20.8 Å². The minimum atomic E-state index is -0.317. The summed E-state index contributed by atoms with van der Waals surface area (Å²) in [5.74, 6) is 0.736. The van der Waals surface area contributed by atoms with Crippen LogP contribution in [0, 0.1) is 0 Å². The van der Waals surface area contributed by atoms with Gasteiger partial charge in [-0.05, 0) is 40.8 Å². The fraction of sp³-hybridized carbons (Fsp3) is 0.125. The van der Waals surface area contributed by atoms with Gasteiger partial charge in [-0.3, -0.25) is 4.79 Å². The summed E-state index contributed by atoms with van der Waals surface area (Å²) < 4.78 is 6.76. The first-order chi connectivity index (χ1) is 11.6. The van der Waals surface area contributed by atoms with Gasteiger partial charge in [-0.1, -0.05) is 23.7 Å². The number of ether oxygens (including phenoxy) is 1. The highest BCUT2D eigenvalue weighted by Crippen LogP contribution is 2.25. The number of hydrogen-bond donors (Lipinski definition) is 1. The molecular formula is C16H14ClN5O2. The Morgan fingerprint density at radius 2 is 2.08 bits per heavy atom. The van der Waals surface area contributed by atoms with Crippen LogP contribution in [-0.2, 0) is 7.05 Å². The van der Waals surface area contributed by atoms with E-state index in [4.69, 9.17) is 16.3 Å². The summed E-state index contributed by atoms with van der Waals surface area (Å²) in [5, 5.41) is 14.7. The molecule has 0 aliphatic carbocycles. The molecule has 0 atom stereocenters. The fourth-order valence-electron chi connectivity index (χ4n) is 2.27. The molecule has 122 valence electrons. The number of rotatable bonds is 4. The van der Waals surface area contributed by atoms with Gasteiger partial charge in [0.15, 0.2) is 5.82 Å². The van der Waals surface area contributed by atoms with Crippen LogP contribution < -0.4 is 10.1 Å². The summed E-state index contributed by atoms with van der Waals surface area (Å²) in [6.07, 6.45) is 0. The number of carbonyl (C=O) groups excluding carboxylic acids is 1. The summed E-state index contributed by atoms with van der Waals surface area (Å²) in [4.78, 5) is 12.5. The van der Waals surface area contributed by atoms with Crippen LogP contribution in [-0.4, -0.2) is 33.2 Å². The monoisotopic (exact) mass is 343 g/mol. The summed E-state index contributed by atoms with van der Waals surface area (Å²) in [5.41, 5.74) is 1.76. The highest BCUT2D eigenvalue weighted by atomic mass is 35.5. The van der Waals surface area contributed by atoms with Crippen molar-refractivity contribution in [2.24, 2.45) is 7.05 Å². The van der Waals surface area contributed by atoms with Gasteiger partial charge in [-0.15, -0.1) is 5.10 Å². The molecule has 8 heteroatoms. The maximum Gasteiger partial charge on any atom is 0.259 e. The normalized spacial score (nSPS) is 10.5. The van der Waals surface area contributed by atoms with Gasteiger partial charge in [-0.25, -0.2) is 4.68 Å². The van der Waals surface area contributed by atoms with Crippen LogP contribution in [0.5, 0.6) is 5.75 Å². The van der Waals surface area contributed by atoms with Crippen molar-refractivity contribution < 1.29 is 9.53 Å². The number of nitrogens with zero attached hydrogens (tertiary/aromatic N) is 4. The first-order valence-corrected chi connectivity index (χ1v) is 7.44. The Bertz CT molecular complexity index is 894. The molecule has 0 aliphatic heterocycles. The van der Waals surface area contributed by atoms with E-state index >= 15 is 0 Å². The van der Waals surface area contributed by atoms with Gasteiger partial charge in [0.2, 0.25) is 0 Å². The largest absolute Gasteiger partial charge is 0.496 e. The zero-order chi connectivity index (χ0) is 17.1. The molecule has 1 amide bonds. The molecule has 3 rings (SSSR count). The number of aryl methyl sites for hydroxylation is 1. The number of methoxy groups -OCH3 is 1. The maximum atomic E-state index is 12.5. The predicted octanol–water partition coefficient (Wildman–Crippen LogP) is 2.79. The lowest BCUT2D eigenvalue weighted by atomic mass is 10.1. The molecule has 0 radical (unpaired) electrons. The highest BCUT2D eigenvalue weighted by Gasteiger charge is 2.14. The Hall–Kier alpha value is -2.93. The second kappa shape index (κ2) is 6.67. The van der Waals surface area contributed by atoms with Crippen molar-refractivity contribution in [1.82, 2.24) is 20.2 Å². The third-order valence-corrected chi connectivity index (χ3v) is 3.64. The van der Waals surface area contributed by atoms with E-state index in [1.807, 2.05) is 12.1 Å². The lowest BCUT2D eigenvalue weighted by Crippen LogP contribution is -2.13. The minimum Gasteiger partial charge on any atom is -0.496 e. The first-order valence-electron chi connectivity index (χ1n) is 7.06. The quantitative estimate of drug-likeness (QED) is 0.787. The average molecular weight is 344 g/mol. The summed E-state index contributed by atoms with van der Waals surface area (Å²) in [6, 6.07) is 12.1. The zero-order valence-electron chi connectivity index (χ0n) is 13.0. The Kier molecular flexibility index (Phi) is 4.43. The molecule has 2 aromatic carbocycles. The molecule has 7 nitrogen and oxygen atoms in total. The van der Waals surface area contributed by atoms with E-state index in [1.54, 1.807) is 42.1 Å². The molecule has 0 bridgehead atoms. The van der Waals surface area contributed by atoms with Gasteiger partial charge in [0.05, 0.1) is 12.7 Å². The Balaban J connectivity index is 1.88. The lowest BCUT2D eigenvalue weighted by molar-refractivity contribution is 0.102. The predicted molar refractivity (Wildman–Crippen MR) is 90.2 cm³/mol. The Labute approximate surface area is 143 Å². The van der Waals surface area contributed by atoms with Gasteiger partial charge in [-0.2, -0.15) is 0 Å². The molecule has 1 heterocycles. The van der Waals surface area contributed by atoms with Gasteiger partial charge >= 0.3 is 0 Å². The van der Waals surface area contributed by atoms with E-state index < -0.39 is 0 Å².